The predicted molar refractivity (Wildman–Crippen MR) is 77.5 cm³/mol. The van der Waals surface area contributed by atoms with E-state index < -0.39 is 23.2 Å². The topological polar surface area (TPSA) is 102 Å². The van der Waals surface area contributed by atoms with E-state index in [0.29, 0.717) is 11.3 Å². The summed E-state index contributed by atoms with van der Waals surface area (Å²) in [5.74, 6) is -3.01. The molecular formula is C15H13FN2O4. The van der Waals surface area contributed by atoms with Gasteiger partial charge in [0.2, 0.25) is 0 Å². The number of rotatable bonds is 3. The molecule has 0 saturated carbocycles. The molecule has 0 bridgehead atoms. The molecule has 0 fully saturated rings. The van der Waals surface area contributed by atoms with E-state index in [2.05, 4.69) is 10.5 Å². The van der Waals surface area contributed by atoms with Gasteiger partial charge in [-0.05, 0) is 36.8 Å². The predicted octanol–water partition coefficient (Wildman–Crippen LogP) is 2.10. The smallest absolute Gasteiger partial charge is 0.271 e. The van der Waals surface area contributed by atoms with Gasteiger partial charge in [0, 0.05) is 5.56 Å². The molecule has 0 atom stereocenters. The van der Waals surface area contributed by atoms with Crippen LogP contribution in [0.15, 0.2) is 41.5 Å². The molecule has 0 aliphatic carbocycles. The fourth-order valence-electron chi connectivity index (χ4n) is 1.69. The van der Waals surface area contributed by atoms with E-state index in [9.17, 15) is 24.5 Å². The van der Waals surface area contributed by atoms with Gasteiger partial charge in [-0.3, -0.25) is 4.79 Å². The Hall–Kier alpha value is -3.09. The van der Waals surface area contributed by atoms with Gasteiger partial charge in [-0.25, -0.2) is 9.82 Å². The number of nitrogens with zero attached hydrogens (tertiary/aromatic N) is 1. The number of carbonyl (C=O) groups excluding carboxylic acids is 1. The van der Waals surface area contributed by atoms with Gasteiger partial charge in [0.25, 0.3) is 5.91 Å². The van der Waals surface area contributed by atoms with Crippen molar-refractivity contribution in [2.24, 2.45) is 5.10 Å². The van der Waals surface area contributed by atoms with Crippen LogP contribution in [0.5, 0.6) is 17.2 Å². The van der Waals surface area contributed by atoms with Gasteiger partial charge in [-0.2, -0.15) is 5.10 Å². The zero-order chi connectivity index (χ0) is 16.3. The van der Waals surface area contributed by atoms with Gasteiger partial charge in [-0.15, -0.1) is 0 Å². The fraction of sp³-hybridized carbons (Fsp3) is 0.0667. The molecule has 0 saturated heterocycles. The lowest BCUT2D eigenvalue weighted by atomic mass is 10.1. The van der Waals surface area contributed by atoms with Crippen molar-refractivity contribution in [3.8, 4) is 17.2 Å². The highest BCUT2D eigenvalue weighted by Crippen LogP contribution is 2.35. The standard InChI is InChI=1S/C15H13FN2O4/c1-8(9-2-4-11(16)5-3-9)17-18-15(22)10-6-12(19)14(21)13(20)7-10/h2-7,19-21H,1H3,(H,18,22)/b17-8+. The lowest BCUT2D eigenvalue weighted by Gasteiger charge is -2.06. The van der Waals surface area contributed by atoms with E-state index in [1.807, 2.05) is 0 Å². The van der Waals surface area contributed by atoms with E-state index in [-0.39, 0.29) is 11.4 Å². The molecule has 7 heteroatoms. The molecule has 22 heavy (non-hydrogen) atoms. The van der Waals surface area contributed by atoms with Gasteiger partial charge in [-0.1, -0.05) is 12.1 Å². The van der Waals surface area contributed by atoms with Crippen LogP contribution in [0.1, 0.15) is 22.8 Å². The average molecular weight is 304 g/mol. The second-order valence-electron chi connectivity index (χ2n) is 4.51. The summed E-state index contributed by atoms with van der Waals surface area (Å²) in [4.78, 5) is 11.9. The molecule has 0 aliphatic rings. The van der Waals surface area contributed by atoms with E-state index >= 15 is 0 Å². The van der Waals surface area contributed by atoms with Crippen LogP contribution in [0.2, 0.25) is 0 Å². The number of carbonyl (C=O) groups is 1. The van der Waals surface area contributed by atoms with Crippen molar-refractivity contribution >= 4 is 11.6 Å². The Morgan fingerprint density at radius 1 is 1.05 bits per heavy atom. The zero-order valence-corrected chi connectivity index (χ0v) is 11.5. The third-order valence-corrected chi connectivity index (χ3v) is 2.92. The number of halogens is 1. The summed E-state index contributed by atoms with van der Waals surface area (Å²) in [7, 11) is 0. The number of aromatic hydroxyl groups is 3. The Morgan fingerprint density at radius 2 is 1.59 bits per heavy atom. The minimum atomic E-state index is -0.706. The molecule has 4 N–H and O–H groups in total. The second-order valence-corrected chi connectivity index (χ2v) is 4.51. The third kappa shape index (κ3) is 3.32. The number of benzene rings is 2. The number of nitrogens with one attached hydrogen (secondary N) is 1. The van der Waals surface area contributed by atoms with Crippen molar-refractivity contribution < 1.29 is 24.5 Å². The highest BCUT2D eigenvalue weighted by molar-refractivity contribution is 6.01. The third-order valence-electron chi connectivity index (χ3n) is 2.92. The van der Waals surface area contributed by atoms with Crippen LogP contribution in [0.25, 0.3) is 0 Å². The van der Waals surface area contributed by atoms with Gasteiger partial charge < -0.3 is 15.3 Å². The Kier molecular flexibility index (Phi) is 4.26. The first kappa shape index (κ1) is 15.3. The Morgan fingerprint density at radius 3 is 2.14 bits per heavy atom. The summed E-state index contributed by atoms with van der Waals surface area (Å²) in [5.41, 5.74) is 3.23. The van der Waals surface area contributed by atoms with E-state index in [1.165, 1.54) is 24.3 Å². The van der Waals surface area contributed by atoms with Crippen LogP contribution in [0.3, 0.4) is 0 Å². The highest BCUT2D eigenvalue weighted by Gasteiger charge is 2.13. The number of phenolic OH excluding ortho intramolecular Hbond substituents is 3. The molecule has 0 unspecified atom stereocenters. The first-order chi connectivity index (χ1) is 10.4. The molecular weight excluding hydrogens is 291 g/mol. The number of hydrogen-bond donors (Lipinski definition) is 4. The first-order valence-corrected chi connectivity index (χ1v) is 6.24. The molecule has 114 valence electrons. The molecule has 1 amide bonds. The van der Waals surface area contributed by atoms with Crippen LogP contribution in [-0.2, 0) is 0 Å². The molecule has 6 nitrogen and oxygen atoms in total. The first-order valence-electron chi connectivity index (χ1n) is 6.24. The fourth-order valence-corrected chi connectivity index (χ4v) is 1.69. The number of phenols is 3. The monoisotopic (exact) mass is 304 g/mol. The van der Waals surface area contributed by atoms with Crippen molar-refractivity contribution in [3.63, 3.8) is 0 Å². The summed E-state index contributed by atoms with van der Waals surface area (Å²) in [6, 6.07) is 7.55. The summed E-state index contributed by atoms with van der Waals surface area (Å²) in [5, 5.41) is 31.8. The molecule has 0 spiro atoms. The van der Waals surface area contributed by atoms with Crippen molar-refractivity contribution in [1.29, 1.82) is 0 Å². The molecule has 0 heterocycles. The van der Waals surface area contributed by atoms with Crippen LogP contribution in [-0.4, -0.2) is 26.9 Å². The van der Waals surface area contributed by atoms with Crippen molar-refractivity contribution in [1.82, 2.24) is 5.43 Å². The van der Waals surface area contributed by atoms with Gasteiger partial charge in [0.1, 0.15) is 5.82 Å². The average Bonchev–Trinajstić information content (AvgIpc) is 2.50. The zero-order valence-electron chi connectivity index (χ0n) is 11.5. The Bertz CT molecular complexity index is 719. The number of amides is 1. The summed E-state index contributed by atoms with van der Waals surface area (Å²) in [6.07, 6.45) is 0. The van der Waals surface area contributed by atoms with Crippen LogP contribution in [0.4, 0.5) is 4.39 Å². The van der Waals surface area contributed by atoms with Crippen LogP contribution in [0, 0.1) is 5.82 Å². The maximum Gasteiger partial charge on any atom is 0.271 e. The number of hydrazone groups is 1. The van der Waals surface area contributed by atoms with Gasteiger partial charge in [0.15, 0.2) is 17.2 Å². The molecule has 2 aromatic rings. The SMILES string of the molecule is C/C(=N\NC(=O)c1cc(O)c(O)c(O)c1)c1ccc(F)cc1. The molecule has 2 aromatic carbocycles. The maximum atomic E-state index is 12.8. The Balaban J connectivity index is 2.15. The quantitative estimate of drug-likeness (QED) is 0.396. The van der Waals surface area contributed by atoms with Crippen LogP contribution >= 0.6 is 0 Å². The summed E-state index contributed by atoms with van der Waals surface area (Å²) >= 11 is 0. The highest BCUT2D eigenvalue weighted by atomic mass is 19.1. The van der Waals surface area contributed by atoms with Gasteiger partial charge in [0.05, 0.1) is 5.71 Å². The normalized spacial score (nSPS) is 11.3. The van der Waals surface area contributed by atoms with E-state index in [4.69, 9.17) is 0 Å². The van der Waals surface area contributed by atoms with E-state index in [1.54, 1.807) is 6.92 Å². The molecule has 0 aliphatic heterocycles. The molecule has 2 rings (SSSR count). The Labute approximate surface area is 125 Å². The maximum absolute atomic E-state index is 12.8. The van der Waals surface area contributed by atoms with Gasteiger partial charge >= 0.3 is 0 Å². The minimum Gasteiger partial charge on any atom is -0.504 e. The van der Waals surface area contributed by atoms with Crippen molar-refractivity contribution in [2.45, 2.75) is 6.92 Å². The van der Waals surface area contributed by atoms with Crippen molar-refractivity contribution in [3.05, 3.63) is 53.3 Å². The number of hydrogen-bond acceptors (Lipinski definition) is 5. The lowest BCUT2D eigenvalue weighted by Crippen LogP contribution is -2.19. The lowest BCUT2D eigenvalue weighted by molar-refractivity contribution is 0.0954. The summed E-state index contributed by atoms with van der Waals surface area (Å²) in [6.45, 7) is 1.62. The second kappa shape index (κ2) is 6.13. The van der Waals surface area contributed by atoms with E-state index in [0.717, 1.165) is 12.1 Å². The molecule has 0 aromatic heterocycles. The minimum absolute atomic E-state index is 0.0801. The summed E-state index contributed by atoms with van der Waals surface area (Å²) < 4.78 is 12.8. The largest absolute Gasteiger partial charge is 0.504 e. The van der Waals surface area contributed by atoms with Crippen LogP contribution < -0.4 is 5.43 Å². The molecule has 0 radical (unpaired) electrons. The van der Waals surface area contributed by atoms with Crippen molar-refractivity contribution in [2.75, 3.05) is 0 Å².